The van der Waals surface area contributed by atoms with E-state index in [9.17, 15) is 10.1 Å². The van der Waals surface area contributed by atoms with Crippen molar-refractivity contribution in [1.29, 1.82) is 0 Å². The van der Waals surface area contributed by atoms with Crippen molar-refractivity contribution >= 4 is 17.5 Å². The van der Waals surface area contributed by atoms with Gasteiger partial charge in [-0.3, -0.25) is 10.1 Å². The van der Waals surface area contributed by atoms with Crippen LogP contribution in [0.4, 0.5) is 17.5 Å². The first-order chi connectivity index (χ1) is 14.2. The van der Waals surface area contributed by atoms with E-state index in [2.05, 4.69) is 20.6 Å². The lowest BCUT2D eigenvalue weighted by atomic mass is 9.89. The molecule has 1 heterocycles. The molecule has 3 rings (SSSR count). The molecule has 1 aromatic heterocycles. The Labute approximate surface area is 172 Å². The predicted octanol–water partition coefficient (Wildman–Crippen LogP) is 5.02. The number of nitrogens with zero attached hydrogens (tertiary/aromatic N) is 3. The largest absolute Gasteiger partial charge is 0.496 e. The number of hydrogen-bond donors (Lipinski definition) is 2. The minimum atomic E-state index is -0.451. The first kappa shape index (κ1) is 22.4. The molecule has 0 amide bonds. The van der Waals surface area contributed by atoms with E-state index in [0.717, 1.165) is 24.2 Å². The van der Waals surface area contributed by atoms with Gasteiger partial charge in [-0.2, -0.15) is 4.98 Å². The summed E-state index contributed by atoms with van der Waals surface area (Å²) in [5.41, 5.74) is 0.854. The zero-order chi connectivity index (χ0) is 21.1. The van der Waals surface area contributed by atoms with Crippen molar-refractivity contribution < 1.29 is 9.66 Å². The van der Waals surface area contributed by atoms with Gasteiger partial charge in [-0.15, -0.1) is 0 Å². The summed E-state index contributed by atoms with van der Waals surface area (Å²) in [4.78, 5) is 19.3. The van der Waals surface area contributed by atoms with E-state index >= 15 is 0 Å². The van der Waals surface area contributed by atoms with E-state index in [-0.39, 0.29) is 11.5 Å². The van der Waals surface area contributed by atoms with Gasteiger partial charge in [0.15, 0.2) is 0 Å². The summed E-state index contributed by atoms with van der Waals surface area (Å²) >= 11 is 0. The Balaban J connectivity index is 0.00000145. The molecule has 8 heteroatoms. The fourth-order valence-electron chi connectivity index (χ4n) is 3.38. The second-order valence-corrected chi connectivity index (χ2v) is 6.73. The van der Waals surface area contributed by atoms with Gasteiger partial charge in [0.1, 0.15) is 11.9 Å². The maximum Gasteiger partial charge on any atom is 0.329 e. The molecular formula is C21H31N5O3. The van der Waals surface area contributed by atoms with Gasteiger partial charge in [0.25, 0.3) is 0 Å². The topological polar surface area (TPSA) is 102 Å². The maximum absolute atomic E-state index is 11.3. The Hall–Kier alpha value is -2.90. The number of ether oxygens (including phenoxy) is 1. The average Bonchev–Trinajstić information content (AvgIpc) is 2.78. The third-order valence-corrected chi connectivity index (χ3v) is 4.88. The Kier molecular flexibility index (Phi) is 9.14. The second kappa shape index (κ2) is 11.8. The van der Waals surface area contributed by atoms with Crippen LogP contribution in [0.15, 0.2) is 30.5 Å². The molecule has 0 radical (unpaired) electrons. The molecule has 0 bridgehead atoms. The zero-order valence-corrected chi connectivity index (χ0v) is 17.5. The van der Waals surface area contributed by atoms with Crippen LogP contribution in [-0.4, -0.2) is 28.5 Å². The van der Waals surface area contributed by atoms with E-state index in [1.807, 2.05) is 38.1 Å². The van der Waals surface area contributed by atoms with E-state index < -0.39 is 4.92 Å². The number of hydrogen-bond acceptors (Lipinski definition) is 7. The molecule has 0 unspecified atom stereocenters. The van der Waals surface area contributed by atoms with Crippen molar-refractivity contribution in [3.8, 4) is 5.75 Å². The molecule has 0 aliphatic heterocycles. The van der Waals surface area contributed by atoms with Crippen LogP contribution in [0.5, 0.6) is 5.75 Å². The number of nitro groups is 1. The molecule has 0 atom stereocenters. The molecule has 0 saturated heterocycles. The van der Waals surface area contributed by atoms with Gasteiger partial charge in [0.2, 0.25) is 11.8 Å². The van der Waals surface area contributed by atoms with Crippen LogP contribution >= 0.6 is 0 Å². The first-order valence-electron chi connectivity index (χ1n) is 10.3. The van der Waals surface area contributed by atoms with Crippen LogP contribution in [0.25, 0.3) is 0 Å². The number of aromatic nitrogens is 2. The third-order valence-electron chi connectivity index (χ3n) is 4.88. The van der Waals surface area contributed by atoms with Crippen molar-refractivity contribution in [2.45, 2.75) is 52.5 Å². The van der Waals surface area contributed by atoms with Gasteiger partial charge in [0, 0.05) is 18.7 Å². The van der Waals surface area contributed by atoms with E-state index in [0.29, 0.717) is 25.0 Å². The van der Waals surface area contributed by atoms with Crippen molar-refractivity contribution in [3.05, 3.63) is 46.1 Å². The van der Waals surface area contributed by atoms with Gasteiger partial charge in [0.05, 0.1) is 12.0 Å². The number of anilines is 2. The third kappa shape index (κ3) is 6.58. The molecule has 2 aromatic rings. The lowest BCUT2D eigenvalue weighted by molar-refractivity contribution is -0.384. The van der Waals surface area contributed by atoms with Crippen molar-refractivity contribution in [2.75, 3.05) is 24.3 Å². The monoisotopic (exact) mass is 401 g/mol. The summed E-state index contributed by atoms with van der Waals surface area (Å²) in [6.45, 7) is 5.16. The average molecular weight is 402 g/mol. The molecule has 29 heavy (non-hydrogen) atoms. The number of rotatable bonds is 8. The SMILES string of the molecule is CC.COc1ccccc1CNc1ncc([N+](=O)[O-])c(NCC2CCCCC2)n1. The molecule has 158 valence electrons. The van der Waals surface area contributed by atoms with Crippen molar-refractivity contribution in [1.82, 2.24) is 9.97 Å². The Morgan fingerprint density at radius 3 is 2.59 bits per heavy atom. The van der Waals surface area contributed by atoms with Crippen LogP contribution < -0.4 is 15.4 Å². The molecule has 1 aliphatic carbocycles. The smallest absolute Gasteiger partial charge is 0.329 e. The van der Waals surface area contributed by atoms with Crippen molar-refractivity contribution in [2.24, 2.45) is 5.92 Å². The summed E-state index contributed by atoms with van der Waals surface area (Å²) in [5.74, 6) is 1.92. The second-order valence-electron chi connectivity index (χ2n) is 6.73. The fourth-order valence-corrected chi connectivity index (χ4v) is 3.38. The van der Waals surface area contributed by atoms with Gasteiger partial charge in [-0.1, -0.05) is 51.3 Å². The number of benzene rings is 1. The summed E-state index contributed by atoms with van der Waals surface area (Å²) in [6.07, 6.45) is 7.30. The molecule has 1 saturated carbocycles. The van der Waals surface area contributed by atoms with Gasteiger partial charge < -0.3 is 15.4 Å². The maximum atomic E-state index is 11.3. The fraction of sp³-hybridized carbons (Fsp3) is 0.524. The highest BCUT2D eigenvalue weighted by Gasteiger charge is 2.20. The Bertz CT molecular complexity index is 779. The lowest BCUT2D eigenvalue weighted by Crippen LogP contribution is -2.19. The van der Waals surface area contributed by atoms with Crippen molar-refractivity contribution in [3.63, 3.8) is 0 Å². The molecule has 2 N–H and O–H groups in total. The van der Waals surface area contributed by atoms with Gasteiger partial charge in [-0.25, -0.2) is 4.98 Å². The summed E-state index contributed by atoms with van der Waals surface area (Å²) in [6, 6.07) is 7.65. The standard InChI is InChI=1S/C19H25N5O3.C2H6/c1-27-17-10-6-5-9-15(17)12-21-19-22-13-16(24(25)26)18(23-19)20-11-14-7-3-2-4-8-14;1-2/h5-6,9-10,13-14H,2-4,7-8,11-12H2,1H3,(H2,20,21,22,23);1-2H3. The van der Waals surface area contributed by atoms with Crippen LogP contribution in [0, 0.1) is 16.0 Å². The van der Waals surface area contributed by atoms with E-state index in [1.54, 1.807) is 7.11 Å². The van der Waals surface area contributed by atoms with E-state index in [4.69, 9.17) is 4.74 Å². The summed E-state index contributed by atoms with van der Waals surface area (Å²) in [7, 11) is 1.62. The van der Waals surface area contributed by atoms with Crippen LogP contribution in [-0.2, 0) is 6.54 Å². The molecule has 1 fully saturated rings. The Morgan fingerprint density at radius 2 is 1.90 bits per heavy atom. The summed E-state index contributed by atoms with van der Waals surface area (Å²) in [5, 5.41) is 17.6. The quantitative estimate of drug-likeness (QED) is 0.473. The van der Waals surface area contributed by atoms with Gasteiger partial charge in [-0.05, 0) is 24.8 Å². The highest BCUT2D eigenvalue weighted by molar-refractivity contribution is 5.57. The lowest BCUT2D eigenvalue weighted by Gasteiger charge is -2.21. The highest BCUT2D eigenvalue weighted by Crippen LogP contribution is 2.27. The predicted molar refractivity (Wildman–Crippen MR) is 115 cm³/mol. The highest BCUT2D eigenvalue weighted by atomic mass is 16.6. The van der Waals surface area contributed by atoms with Crippen LogP contribution in [0.3, 0.4) is 0 Å². The minimum Gasteiger partial charge on any atom is -0.496 e. The first-order valence-corrected chi connectivity index (χ1v) is 10.3. The molecule has 1 aliphatic rings. The summed E-state index contributed by atoms with van der Waals surface area (Å²) < 4.78 is 5.33. The van der Waals surface area contributed by atoms with E-state index in [1.165, 1.54) is 25.5 Å². The molecule has 0 spiro atoms. The minimum absolute atomic E-state index is 0.103. The number of methoxy groups -OCH3 is 1. The van der Waals surface area contributed by atoms with Crippen LogP contribution in [0.1, 0.15) is 51.5 Å². The zero-order valence-electron chi connectivity index (χ0n) is 17.5. The van der Waals surface area contributed by atoms with Crippen LogP contribution in [0.2, 0.25) is 0 Å². The number of nitrogens with one attached hydrogen (secondary N) is 2. The normalized spacial score (nSPS) is 13.8. The van der Waals surface area contributed by atoms with Gasteiger partial charge >= 0.3 is 5.69 Å². The molecule has 8 nitrogen and oxygen atoms in total. The number of para-hydroxylation sites is 1. The molecular weight excluding hydrogens is 370 g/mol. The Morgan fingerprint density at radius 1 is 1.17 bits per heavy atom. The molecule has 1 aromatic carbocycles.